The Hall–Kier alpha value is -3.27. The number of hydrogen-bond acceptors (Lipinski definition) is 8. The minimum Gasteiger partial charge on any atom is -0.465 e. The van der Waals surface area contributed by atoms with Crippen molar-refractivity contribution < 1.29 is 28.8 Å². The molecule has 0 aliphatic carbocycles. The van der Waals surface area contributed by atoms with Gasteiger partial charge in [-0.2, -0.15) is 0 Å². The van der Waals surface area contributed by atoms with E-state index in [9.17, 15) is 24.5 Å². The van der Waals surface area contributed by atoms with Crippen molar-refractivity contribution in [1.82, 2.24) is 0 Å². The first-order chi connectivity index (χ1) is 13.3. The van der Waals surface area contributed by atoms with Crippen molar-refractivity contribution in [3.63, 3.8) is 0 Å². The monoisotopic (exact) mass is 406 g/mol. The molecule has 1 N–H and O–H groups in total. The fourth-order valence-electron chi connectivity index (χ4n) is 2.52. The largest absolute Gasteiger partial charge is 0.465 e. The highest BCUT2D eigenvalue weighted by molar-refractivity contribution is 7.18. The summed E-state index contributed by atoms with van der Waals surface area (Å²) >= 11 is 0.881. The summed E-state index contributed by atoms with van der Waals surface area (Å²) in [5.41, 5.74) is 0.435. The second-order valence-corrected chi connectivity index (χ2v) is 6.60. The number of esters is 2. The topological polar surface area (TPSA) is 125 Å². The number of anilines is 1. The van der Waals surface area contributed by atoms with Gasteiger partial charge < -0.3 is 14.8 Å². The lowest BCUT2D eigenvalue weighted by molar-refractivity contribution is -0.385. The van der Waals surface area contributed by atoms with Crippen LogP contribution in [0.25, 0.3) is 0 Å². The van der Waals surface area contributed by atoms with E-state index in [1.165, 1.54) is 25.3 Å². The molecule has 0 bridgehead atoms. The summed E-state index contributed by atoms with van der Waals surface area (Å²) in [4.78, 5) is 47.3. The van der Waals surface area contributed by atoms with Gasteiger partial charge in [-0.15, -0.1) is 11.3 Å². The van der Waals surface area contributed by atoms with Crippen LogP contribution >= 0.6 is 11.3 Å². The quantitative estimate of drug-likeness (QED) is 0.425. The van der Waals surface area contributed by atoms with E-state index in [-0.39, 0.29) is 39.7 Å². The molecule has 9 nitrogen and oxygen atoms in total. The minimum absolute atomic E-state index is 0.0585. The first kappa shape index (κ1) is 21.0. The number of amides is 1. The van der Waals surface area contributed by atoms with Crippen LogP contribution in [0.2, 0.25) is 0 Å². The zero-order valence-corrected chi connectivity index (χ0v) is 16.3. The second-order valence-electron chi connectivity index (χ2n) is 5.58. The number of carbonyl (C=O) groups is 3. The standard InChI is InChI=1S/C18H18N2O7S/c1-4-27-17(22)14-10(2)15(18(23)26-3)28-16(14)19-13(21)9-11-7-5-6-8-12(11)20(24)25/h5-8H,4,9H2,1-3H3,(H,19,21). The first-order valence-electron chi connectivity index (χ1n) is 8.21. The summed E-state index contributed by atoms with van der Waals surface area (Å²) in [7, 11) is 1.21. The van der Waals surface area contributed by atoms with E-state index in [1.807, 2.05) is 0 Å². The number of benzene rings is 1. The van der Waals surface area contributed by atoms with Crippen molar-refractivity contribution >= 4 is 39.9 Å². The van der Waals surface area contributed by atoms with E-state index in [0.29, 0.717) is 5.56 Å². The van der Waals surface area contributed by atoms with Gasteiger partial charge in [-0.1, -0.05) is 18.2 Å². The van der Waals surface area contributed by atoms with E-state index in [1.54, 1.807) is 19.9 Å². The molecule has 28 heavy (non-hydrogen) atoms. The molecule has 0 saturated heterocycles. The zero-order valence-electron chi connectivity index (χ0n) is 15.4. The minimum atomic E-state index is -0.688. The van der Waals surface area contributed by atoms with Gasteiger partial charge in [-0.05, 0) is 19.4 Å². The maximum absolute atomic E-state index is 12.5. The van der Waals surface area contributed by atoms with Gasteiger partial charge in [0.15, 0.2) is 0 Å². The Morgan fingerprint density at radius 1 is 1.21 bits per heavy atom. The Bertz CT molecular complexity index is 936. The van der Waals surface area contributed by atoms with Crippen LogP contribution in [0.4, 0.5) is 10.7 Å². The normalized spacial score (nSPS) is 10.2. The number of nitrogens with one attached hydrogen (secondary N) is 1. The molecule has 2 rings (SSSR count). The second kappa shape index (κ2) is 9.09. The summed E-state index contributed by atoms with van der Waals surface area (Å²) in [6.07, 6.45) is -0.274. The van der Waals surface area contributed by atoms with Gasteiger partial charge in [-0.3, -0.25) is 14.9 Å². The number of methoxy groups -OCH3 is 1. The SMILES string of the molecule is CCOC(=O)c1c(NC(=O)Cc2ccccc2[N+](=O)[O-])sc(C(=O)OC)c1C. The van der Waals surface area contributed by atoms with Crippen molar-refractivity contribution in [2.45, 2.75) is 20.3 Å². The highest BCUT2D eigenvalue weighted by atomic mass is 32.1. The molecule has 0 fully saturated rings. The Balaban J connectivity index is 2.34. The fourth-order valence-corrected chi connectivity index (χ4v) is 3.65. The number of para-hydroxylation sites is 1. The Kier molecular flexibility index (Phi) is 6.83. The maximum Gasteiger partial charge on any atom is 0.348 e. The predicted molar refractivity (Wildman–Crippen MR) is 102 cm³/mol. The van der Waals surface area contributed by atoms with Crippen LogP contribution in [0.3, 0.4) is 0 Å². The molecule has 1 amide bonds. The maximum atomic E-state index is 12.5. The lowest BCUT2D eigenvalue weighted by Crippen LogP contribution is -2.17. The molecule has 0 spiro atoms. The third kappa shape index (κ3) is 4.52. The lowest BCUT2D eigenvalue weighted by atomic mass is 10.1. The van der Waals surface area contributed by atoms with Gasteiger partial charge in [0.25, 0.3) is 5.69 Å². The van der Waals surface area contributed by atoms with Crippen LogP contribution in [-0.2, 0) is 20.7 Å². The third-order valence-electron chi connectivity index (χ3n) is 3.79. The van der Waals surface area contributed by atoms with Crippen LogP contribution in [0.5, 0.6) is 0 Å². The Morgan fingerprint density at radius 2 is 1.89 bits per heavy atom. The molecule has 0 saturated carbocycles. The molecular formula is C18H18N2O7S. The molecule has 0 aliphatic heterocycles. The fraction of sp³-hybridized carbons (Fsp3) is 0.278. The molecule has 2 aromatic rings. The molecule has 0 atom stereocenters. The van der Waals surface area contributed by atoms with Crippen LogP contribution in [0, 0.1) is 17.0 Å². The van der Waals surface area contributed by atoms with Crippen molar-refractivity contribution in [3.05, 3.63) is 55.9 Å². The molecule has 1 aromatic heterocycles. The molecule has 0 unspecified atom stereocenters. The van der Waals surface area contributed by atoms with Crippen LogP contribution in [0.15, 0.2) is 24.3 Å². The van der Waals surface area contributed by atoms with E-state index in [0.717, 1.165) is 11.3 Å². The number of ether oxygens (including phenoxy) is 2. The summed E-state index contributed by atoms with van der Waals surface area (Å²) in [5.74, 6) is -1.91. The highest BCUT2D eigenvalue weighted by Gasteiger charge is 2.27. The predicted octanol–water partition coefficient (Wildman–Crippen LogP) is 3.11. The van der Waals surface area contributed by atoms with Crippen LogP contribution in [0.1, 0.15) is 38.1 Å². The van der Waals surface area contributed by atoms with Gasteiger partial charge in [0.1, 0.15) is 9.88 Å². The molecule has 0 radical (unpaired) electrons. The van der Waals surface area contributed by atoms with Crippen molar-refractivity contribution in [2.24, 2.45) is 0 Å². The molecule has 1 aromatic carbocycles. The first-order valence-corrected chi connectivity index (χ1v) is 9.02. The molecular weight excluding hydrogens is 388 g/mol. The van der Waals surface area contributed by atoms with E-state index < -0.39 is 22.8 Å². The van der Waals surface area contributed by atoms with E-state index in [2.05, 4.69) is 5.32 Å². The highest BCUT2D eigenvalue weighted by Crippen LogP contribution is 2.34. The smallest absolute Gasteiger partial charge is 0.348 e. The summed E-state index contributed by atoms with van der Waals surface area (Å²) in [6.45, 7) is 3.30. The van der Waals surface area contributed by atoms with Crippen molar-refractivity contribution in [3.8, 4) is 0 Å². The van der Waals surface area contributed by atoms with Crippen molar-refractivity contribution in [1.29, 1.82) is 0 Å². The number of carbonyl (C=O) groups excluding carboxylic acids is 3. The van der Waals surface area contributed by atoms with Gasteiger partial charge in [-0.25, -0.2) is 9.59 Å². The number of nitrogens with zero attached hydrogens (tertiary/aromatic N) is 1. The van der Waals surface area contributed by atoms with E-state index in [4.69, 9.17) is 9.47 Å². The van der Waals surface area contributed by atoms with Crippen molar-refractivity contribution in [2.75, 3.05) is 19.0 Å². The average molecular weight is 406 g/mol. The summed E-state index contributed by atoms with van der Waals surface area (Å²) in [6, 6.07) is 5.87. The van der Waals surface area contributed by atoms with Gasteiger partial charge in [0.05, 0.1) is 30.6 Å². The lowest BCUT2D eigenvalue weighted by Gasteiger charge is -2.07. The number of hydrogen-bond donors (Lipinski definition) is 1. The Labute approximate surface area is 164 Å². The van der Waals surface area contributed by atoms with Gasteiger partial charge in [0.2, 0.25) is 5.91 Å². The summed E-state index contributed by atoms with van der Waals surface area (Å²) < 4.78 is 9.70. The number of thiophene rings is 1. The Morgan fingerprint density at radius 3 is 2.50 bits per heavy atom. The number of nitro benzene ring substituents is 1. The third-order valence-corrected chi connectivity index (χ3v) is 4.98. The molecule has 1 heterocycles. The zero-order chi connectivity index (χ0) is 20.8. The molecule has 10 heteroatoms. The molecule has 148 valence electrons. The molecule has 0 aliphatic rings. The van der Waals surface area contributed by atoms with Gasteiger partial charge in [0, 0.05) is 11.6 Å². The van der Waals surface area contributed by atoms with Gasteiger partial charge >= 0.3 is 11.9 Å². The van der Waals surface area contributed by atoms with Crippen LogP contribution in [-0.4, -0.2) is 36.5 Å². The van der Waals surface area contributed by atoms with Crippen LogP contribution < -0.4 is 5.32 Å². The number of rotatable bonds is 7. The summed E-state index contributed by atoms with van der Waals surface area (Å²) in [5, 5.41) is 13.8. The number of nitro groups is 1. The average Bonchev–Trinajstić information content (AvgIpc) is 2.97. The van der Waals surface area contributed by atoms with E-state index >= 15 is 0 Å².